The van der Waals surface area contributed by atoms with E-state index >= 15 is 0 Å². The number of ether oxygens (including phenoxy) is 2. The van der Waals surface area contributed by atoms with Crippen LogP contribution >= 0.6 is 7.82 Å². The van der Waals surface area contributed by atoms with Gasteiger partial charge in [0.25, 0.3) is 0 Å². The van der Waals surface area contributed by atoms with Crippen LogP contribution < -0.4 is 5.73 Å². The van der Waals surface area contributed by atoms with Gasteiger partial charge in [0.2, 0.25) is 0 Å². The molecule has 0 fully saturated rings. The van der Waals surface area contributed by atoms with E-state index in [0.29, 0.717) is 13.0 Å². The number of esters is 1. The van der Waals surface area contributed by atoms with Gasteiger partial charge in [-0.2, -0.15) is 0 Å². The van der Waals surface area contributed by atoms with Gasteiger partial charge in [-0.3, -0.25) is 13.8 Å². The first-order valence-electron chi connectivity index (χ1n) is 23.0. The van der Waals surface area contributed by atoms with Gasteiger partial charge in [-0.1, -0.05) is 172 Å². The molecule has 0 aliphatic carbocycles. The quantitative estimate of drug-likeness (QED) is 0.0270. The molecule has 62 heavy (non-hydrogen) atoms. The van der Waals surface area contributed by atoms with Gasteiger partial charge in [0.15, 0.2) is 0 Å². The number of allylic oxidation sites excluding steroid dienone is 26. The van der Waals surface area contributed by atoms with E-state index in [1.165, 1.54) is 0 Å². The van der Waals surface area contributed by atoms with Crippen LogP contribution in [-0.2, 0) is 27.9 Å². The van der Waals surface area contributed by atoms with Crippen molar-refractivity contribution in [2.45, 2.75) is 136 Å². The molecule has 346 valence electrons. The van der Waals surface area contributed by atoms with E-state index in [2.05, 4.69) is 172 Å². The van der Waals surface area contributed by atoms with Gasteiger partial charge in [-0.25, -0.2) is 4.57 Å². The zero-order chi connectivity index (χ0) is 45.1. The summed E-state index contributed by atoms with van der Waals surface area (Å²) in [5, 5.41) is 0. The molecule has 0 saturated heterocycles. The van der Waals surface area contributed by atoms with Gasteiger partial charge >= 0.3 is 13.8 Å². The van der Waals surface area contributed by atoms with Crippen LogP contribution in [0.4, 0.5) is 0 Å². The molecule has 0 radical (unpaired) electrons. The Balaban J connectivity index is 4.28. The highest BCUT2D eigenvalue weighted by molar-refractivity contribution is 7.47. The number of phosphoric ester groups is 1. The molecular weight excluding hydrogens is 794 g/mol. The van der Waals surface area contributed by atoms with Crippen molar-refractivity contribution in [2.24, 2.45) is 5.73 Å². The first kappa shape index (κ1) is 58.1. The van der Waals surface area contributed by atoms with Crippen molar-refractivity contribution in [3.05, 3.63) is 158 Å². The average molecular weight is 876 g/mol. The van der Waals surface area contributed by atoms with Crippen LogP contribution in [-0.4, -0.2) is 49.9 Å². The lowest BCUT2D eigenvalue weighted by Crippen LogP contribution is -2.28. The second-order valence-electron chi connectivity index (χ2n) is 14.1. The number of phosphoric acid groups is 1. The zero-order valence-corrected chi connectivity index (χ0v) is 39.2. The monoisotopic (exact) mass is 876 g/mol. The summed E-state index contributed by atoms with van der Waals surface area (Å²) in [5.41, 5.74) is 5.37. The molecule has 0 aliphatic rings. The SMILES string of the molecule is CC/C=C\C/C=C\C/C=C\C/C=C\C/C=C\C/C=C\C/C=C\CCCC(=O)OC(COCCC/C=C\C/C=C\C/C=C\C/C=C\C/C=C\C/C=C\CC)COP(=O)(O)OCCN. The summed E-state index contributed by atoms with van der Waals surface area (Å²) in [6, 6.07) is 0. The Bertz CT molecular complexity index is 1490. The van der Waals surface area contributed by atoms with Crippen molar-refractivity contribution in [1.29, 1.82) is 0 Å². The minimum Gasteiger partial charge on any atom is -0.457 e. The normalized spacial score (nSPS) is 14.8. The standard InChI is InChI=1S/C53H82NO7P/c1-3-5-7-9-11-13-15-17-19-21-23-25-26-27-28-30-32-34-36-38-40-42-44-46-53(55)61-52(51-60-62(56,57)59-49-47-54)50-58-48-45-43-41-39-37-35-33-31-29-24-22-20-18-16-14-12-10-8-6-4-2/h5-8,11-14,17-20,23-25,27-29,32-35,38-41,52H,3-4,9-10,15-16,21-22,26,30-31,36-37,42-51,54H2,1-2H3,(H,56,57)/b7-5-,8-6-,13-11-,14-12-,19-17-,20-18-,25-23-,28-27-,29-24-,34-32-,35-33-,40-38-,41-39-. The summed E-state index contributed by atoms with van der Waals surface area (Å²) in [6.45, 7) is 4.39. The highest BCUT2D eigenvalue weighted by Crippen LogP contribution is 2.43. The first-order valence-corrected chi connectivity index (χ1v) is 24.5. The van der Waals surface area contributed by atoms with E-state index in [9.17, 15) is 14.3 Å². The van der Waals surface area contributed by atoms with Crippen molar-refractivity contribution in [3.63, 3.8) is 0 Å². The lowest BCUT2D eigenvalue weighted by atomic mass is 10.2. The Morgan fingerprint density at radius 2 is 0.823 bits per heavy atom. The maximum absolute atomic E-state index is 12.6. The fourth-order valence-corrected chi connectivity index (χ4v) is 5.94. The number of rotatable bonds is 41. The smallest absolute Gasteiger partial charge is 0.457 e. The largest absolute Gasteiger partial charge is 0.472 e. The number of unbranched alkanes of at least 4 members (excludes halogenated alkanes) is 2. The molecular formula is C53H82NO7P. The first-order chi connectivity index (χ1) is 30.4. The molecule has 0 heterocycles. The second-order valence-corrected chi connectivity index (χ2v) is 15.6. The maximum Gasteiger partial charge on any atom is 0.472 e. The molecule has 8 nitrogen and oxygen atoms in total. The average Bonchev–Trinajstić information content (AvgIpc) is 3.26. The Hall–Kier alpha value is -3.88. The van der Waals surface area contributed by atoms with Crippen LogP contribution in [0.15, 0.2) is 158 Å². The molecule has 3 N–H and O–H groups in total. The summed E-state index contributed by atoms with van der Waals surface area (Å²) in [4.78, 5) is 22.5. The number of nitrogens with two attached hydrogens (primary N) is 1. The molecule has 0 amide bonds. The topological polar surface area (TPSA) is 117 Å². The van der Waals surface area contributed by atoms with E-state index in [1.54, 1.807) is 0 Å². The summed E-state index contributed by atoms with van der Waals surface area (Å²) in [7, 11) is -4.33. The minimum atomic E-state index is -4.33. The van der Waals surface area contributed by atoms with Gasteiger partial charge in [0.1, 0.15) is 6.10 Å². The molecule has 0 spiro atoms. The van der Waals surface area contributed by atoms with Crippen LogP contribution in [0.1, 0.15) is 129 Å². The van der Waals surface area contributed by atoms with Crippen molar-refractivity contribution in [2.75, 3.05) is 33.0 Å². The molecule has 0 bridgehead atoms. The molecule has 0 aliphatic heterocycles. The molecule has 0 saturated carbocycles. The highest BCUT2D eigenvalue weighted by atomic mass is 31.2. The molecule has 0 aromatic rings. The van der Waals surface area contributed by atoms with Gasteiger partial charge < -0.3 is 20.1 Å². The number of hydrogen-bond donors (Lipinski definition) is 2. The molecule has 2 atom stereocenters. The summed E-state index contributed by atoms with van der Waals surface area (Å²) in [5.74, 6) is -0.416. The molecule has 0 aromatic heterocycles. The zero-order valence-electron chi connectivity index (χ0n) is 38.3. The fourth-order valence-electron chi connectivity index (χ4n) is 5.18. The Morgan fingerprint density at radius 3 is 1.18 bits per heavy atom. The number of carbonyl (C=O) groups is 1. The van der Waals surface area contributed by atoms with Crippen LogP contribution in [0.3, 0.4) is 0 Å². The fraction of sp³-hybridized carbons (Fsp3) is 0.491. The maximum atomic E-state index is 12.6. The van der Waals surface area contributed by atoms with E-state index in [-0.39, 0.29) is 32.8 Å². The van der Waals surface area contributed by atoms with Crippen molar-refractivity contribution >= 4 is 13.8 Å². The summed E-state index contributed by atoms with van der Waals surface area (Å²) < 4.78 is 33.3. The predicted octanol–water partition coefficient (Wildman–Crippen LogP) is 14.3. The van der Waals surface area contributed by atoms with Crippen LogP contribution in [0.25, 0.3) is 0 Å². The predicted molar refractivity (Wildman–Crippen MR) is 265 cm³/mol. The molecule has 0 rings (SSSR count). The second kappa shape index (κ2) is 48.2. The molecule has 2 unspecified atom stereocenters. The van der Waals surface area contributed by atoms with Crippen LogP contribution in [0.2, 0.25) is 0 Å². The van der Waals surface area contributed by atoms with E-state index in [0.717, 1.165) is 103 Å². The van der Waals surface area contributed by atoms with Gasteiger partial charge in [0, 0.05) is 19.6 Å². The van der Waals surface area contributed by atoms with Crippen molar-refractivity contribution in [1.82, 2.24) is 0 Å². The summed E-state index contributed by atoms with van der Waals surface area (Å²) >= 11 is 0. The Labute approximate surface area is 377 Å². The van der Waals surface area contributed by atoms with E-state index in [4.69, 9.17) is 24.3 Å². The third-order valence-electron chi connectivity index (χ3n) is 8.44. The van der Waals surface area contributed by atoms with Gasteiger partial charge in [-0.05, 0) is 109 Å². The van der Waals surface area contributed by atoms with Gasteiger partial charge in [-0.15, -0.1) is 0 Å². The lowest BCUT2D eigenvalue weighted by molar-refractivity contribution is -0.154. The van der Waals surface area contributed by atoms with E-state index in [1.807, 2.05) is 0 Å². The molecule has 9 heteroatoms. The van der Waals surface area contributed by atoms with Crippen LogP contribution in [0, 0.1) is 0 Å². The third kappa shape index (κ3) is 47.2. The van der Waals surface area contributed by atoms with Crippen molar-refractivity contribution in [3.8, 4) is 0 Å². The Kier molecular flexibility index (Phi) is 45.1. The van der Waals surface area contributed by atoms with Gasteiger partial charge in [0.05, 0.1) is 19.8 Å². The van der Waals surface area contributed by atoms with E-state index < -0.39 is 19.9 Å². The molecule has 0 aromatic carbocycles. The Morgan fingerprint density at radius 1 is 0.484 bits per heavy atom. The summed E-state index contributed by atoms with van der Waals surface area (Å²) in [6.07, 6.45) is 71.4. The highest BCUT2D eigenvalue weighted by Gasteiger charge is 2.25. The third-order valence-corrected chi connectivity index (χ3v) is 9.42. The van der Waals surface area contributed by atoms with Crippen molar-refractivity contribution < 1.29 is 32.8 Å². The minimum absolute atomic E-state index is 0.0399. The number of carbonyl (C=O) groups excluding carboxylic acids is 1. The lowest BCUT2D eigenvalue weighted by Gasteiger charge is -2.20. The van der Waals surface area contributed by atoms with Crippen LogP contribution in [0.5, 0.6) is 0 Å². The number of hydrogen-bond acceptors (Lipinski definition) is 7.